The summed E-state index contributed by atoms with van der Waals surface area (Å²) in [4.78, 5) is 23.5. The second-order valence-corrected chi connectivity index (χ2v) is 4.24. The van der Waals surface area contributed by atoms with Gasteiger partial charge in [-0.3, -0.25) is 9.69 Å². The quantitative estimate of drug-likeness (QED) is 0.896. The Hall–Kier alpha value is -2.05. The molecule has 7 heteroatoms. The van der Waals surface area contributed by atoms with Gasteiger partial charge in [-0.1, -0.05) is 18.2 Å². The lowest BCUT2D eigenvalue weighted by Gasteiger charge is -2.23. The molecule has 1 aromatic carbocycles. The van der Waals surface area contributed by atoms with Crippen molar-refractivity contribution in [3.05, 3.63) is 29.8 Å². The van der Waals surface area contributed by atoms with Crippen molar-refractivity contribution in [2.75, 3.05) is 4.90 Å². The molecule has 102 valence electrons. The molecule has 1 unspecified atom stereocenters. The maximum atomic E-state index is 12.3. The van der Waals surface area contributed by atoms with Crippen LogP contribution in [-0.2, 0) is 16.0 Å². The number of fused-ring (bicyclic) bond motifs is 1. The molecule has 0 saturated heterocycles. The molecule has 0 spiro atoms. The molecule has 1 heterocycles. The van der Waals surface area contributed by atoms with E-state index in [1.165, 1.54) is 6.07 Å². The molecule has 1 aliphatic heterocycles. The number of alkyl halides is 3. The highest BCUT2D eigenvalue weighted by Gasteiger charge is 2.42. The van der Waals surface area contributed by atoms with Crippen molar-refractivity contribution in [2.24, 2.45) is 0 Å². The van der Waals surface area contributed by atoms with Crippen molar-refractivity contribution in [1.82, 2.24) is 0 Å². The van der Waals surface area contributed by atoms with Crippen LogP contribution in [0.1, 0.15) is 12.0 Å². The summed E-state index contributed by atoms with van der Waals surface area (Å²) < 4.78 is 36.8. The molecule has 0 bridgehead atoms. The summed E-state index contributed by atoms with van der Waals surface area (Å²) in [6, 6.07) is 4.98. The van der Waals surface area contributed by atoms with Crippen LogP contribution in [-0.4, -0.2) is 29.2 Å². The standard InChI is InChI=1S/C12H10F3NO3/c13-12(14,15)6-10(17)16-8-4-2-1-3-7(8)5-9(16)11(18)19/h1-4,9H,5-6H2,(H,18,19). The Morgan fingerprint density at radius 2 is 1.95 bits per heavy atom. The number of para-hydroxylation sites is 1. The second kappa shape index (κ2) is 4.56. The Kier molecular flexibility index (Phi) is 3.21. The van der Waals surface area contributed by atoms with Crippen molar-refractivity contribution in [3.63, 3.8) is 0 Å². The maximum absolute atomic E-state index is 12.3. The number of carbonyl (C=O) groups excluding carboxylic acids is 1. The van der Waals surface area contributed by atoms with E-state index in [9.17, 15) is 22.8 Å². The molecule has 0 aliphatic carbocycles. The van der Waals surface area contributed by atoms with E-state index in [-0.39, 0.29) is 12.1 Å². The zero-order valence-electron chi connectivity index (χ0n) is 9.65. The molecule has 1 atom stereocenters. The van der Waals surface area contributed by atoms with E-state index in [0.29, 0.717) is 5.56 Å². The van der Waals surface area contributed by atoms with Gasteiger partial charge in [0.1, 0.15) is 12.5 Å². The van der Waals surface area contributed by atoms with Gasteiger partial charge in [0.25, 0.3) is 0 Å². The Bertz CT molecular complexity index is 527. The average Bonchev–Trinajstić information content (AvgIpc) is 2.65. The lowest BCUT2D eigenvalue weighted by molar-refractivity contribution is -0.154. The number of carbonyl (C=O) groups is 2. The normalized spacial score (nSPS) is 18.3. The van der Waals surface area contributed by atoms with Gasteiger partial charge in [0, 0.05) is 12.1 Å². The first kappa shape index (κ1) is 13.4. The summed E-state index contributed by atoms with van der Waals surface area (Å²) in [6.45, 7) is 0. The van der Waals surface area contributed by atoms with Gasteiger partial charge in [-0.25, -0.2) is 4.79 Å². The molecule has 1 N–H and O–H groups in total. The molecule has 2 rings (SSSR count). The van der Waals surface area contributed by atoms with Gasteiger partial charge in [-0.05, 0) is 11.6 Å². The average molecular weight is 273 g/mol. The zero-order chi connectivity index (χ0) is 14.2. The molecule has 0 fully saturated rings. The Morgan fingerprint density at radius 1 is 1.32 bits per heavy atom. The van der Waals surface area contributed by atoms with Gasteiger partial charge in [0.05, 0.1) is 0 Å². The molecule has 1 amide bonds. The minimum absolute atomic E-state index is 0.0229. The smallest absolute Gasteiger partial charge is 0.397 e. The van der Waals surface area contributed by atoms with Crippen LogP contribution in [0.2, 0.25) is 0 Å². The predicted molar refractivity (Wildman–Crippen MR) is 59.7 cm³/mol. The van der Waals surface area contributed by atoms with E-state index < -0.39 is 30.5 Å². The summed E-state index contributed by atoms with van der Waals surface area (Å²) in [5.74, 6) is -2.56. The van der Waals surface area contributed by atoms with Crippen LogP contribution in [0.4, 0.5) is 18.9 Å². The van der Waals surface area contributed by atoms with Crippen LogP contribution in [0.25, 0.3) is 0 Å². The fourth-order valence-corrected chi connectivity index (χ4v) is 2.15. The minimum atomic E-state index is -4.66. The van der Waals surface area contributed by atoms with Gasteiger partial charge in [0.2, 0.25) is 5.91 Å². The van der Waals surface area contributed by atoms with Crippen molar-refractivity contribution < 1.29 is 27.9 Å². The number of carboxylic acids is 1. The number of nitrogens with zero attached hydrogens (tertiary/aromatic N) is 1. The molecule has 1 aromatic rings. The van der Waals surface area contributed by atoms with E-state index >= 15 is 0 Å². The van der Waals surface area contributed by atoms with E-state index in [1.54, 1.807) is 18.2 Å². The Morgan fingerprint density at radius 3 is 2.53 bits per heavy atom. The summed E-state index contributed by atoms with van der Waals surface area (Å²) in [6.07, 6.45) is -6.29. The number of aliphatic carboxylic acids is 1. The number of hydrogen-bond acceptors (Lipinski definition) is 2. The molecule has 4 nitrogen and oxygen atoms in total. The number of hydrogen-bond donors (Lipinski definition) is 1. The summed E-state index contributed by atoms with van der Waals surface area (Å²) in [5, 5.41) is 9.03. The first-order valence-electron chi connectivity index (χ1n) is 5.49. The molecular formula is C12H10F3NO3. The molecular weight excluding hydrogens is 263 g/mol. The van der Waals surface area contributed by atoms with Crippen molar-refractivity contribution >= 4 is 17.6 Å². The number of halogens is 3. The lowest BCUT2D eigenvalue weighted by atomic mass is 10.1. The summed E-state index contributed by atoms with van der Waals surface area (Å²) in [7, 11) is 0. The third-order valence-corrected chi connectivity index (χ3v) is 2.88. The molecule has 0 radical (unpaired) electrons. The van der Waals surface area contributed by atoms with Crippen molar-refractivity contribution in [2.45, 2.75) is 25.1 Å². The van der Waals surface area contributed by atoms with E-state index in [4.69, 9.17) is 5.11 Å². The van der Waals surface area contributed by atoms with E-state index in [2.05, 4.69) is 0 Å². The zero-order valence-corrected chi connectivity index (χ0v) is 9.65. The number of amides is 1. The largest absolute Gasteiger partial charge is 0.480 e. The summed E-state index contributed by atoms with van der Waals surface area (Å²) >= 11 is 0. The van der Waals surface area contributed by atoms with Crippen molar-refractivity contribution in [1.29, 1.82) is 0 Å². The number of carboxylic acid groups (broad SMARTS) is 1. The highest BCUT2D eigenvalue weighted by atomic mass is 19.4. The topological polar surface area (TPSA) is 57.6 Å². The van der Waals surface area contributed by atoms with Crippen molar-refractivity contribution in [3.8, 4) is 0 Å². The monoisotopic (exact) mass is 273 g/mol. The lowest BCUT2D eigenvalue weighted by Crippen LogP contribution is -2.44. The van der Waals surface area contributed by atoms with Gasteiger partial charge in [-0.2, -0.15) is 13.2 Å². The third kappa shape index (κ3) is 2.69. The fourth-order valence-electron chi connectivity index (χ4n) is 2.15. The molecule has 0 saturated carbocycles. The number of rotatable bonds is 2. The molecule has 1 aliphatic rings. The SMILES string of the molecule is O=C(O)C1Cc2ccccc2N1C(=O)CC(F)(F)F. The summed E-state index contributed by atoms with van der Waals surface area (Å²) in [5.41, 5.74) is 0.801. The van der Waals surface area contributed by atoms with Crippen LogP contribution < -0.4 is 4.90 Å². The van der Waals surface area contributed by atoms with Gasteiger partial charge >= 0.3 is 12.1 Å². The Labute approximate surface area is 106 Å². The molecule has 0 aromatic heterocycles. The highest BCUT2D eigenvalue weighted by molar-refractivity contribution is 6.02. The van der Waals surface area contributed by atoms with Gasteiger partial charge < -0.3 is 5.11 Å². The van der Waals surface area contributed by atoms with Crippen LogP contribution in [0.5, 0.6) is 0 Å². The van der Waals surface area contributed by atoms with E-state index in [1.807, 2.05) is 0 Å². The van der Waals surface area contributed by atoms with Crippen LogP contribution in [0, 0.1) is 0 Å². The fraction of sp³-hybridized carbons (Fsp3) is 0.333. The second-order valence-electron chi connectivity index (χ2n) is 4.24. The van der Waals surface area contributed by atoms with Crippen LogP contribution >= 0.6 is 0 Å². The molecule has 19 heavy (non-hydrogen) atoms. The maximum Gasteiger partial charge on any atom is 0.397 e. The van der Waals surface area contributed by atoms with E-state index in [0.717, 1.165) is 4.90 Å². The van der Waals surface area contributed by atoms with Gasteiger partial charge in [0.15, 0.2) is 0 Å². The van der Waals surface area contributed by atoms with Crippen LogP contribution in [0.3, 0.4) is 0 Å². The predicted octanol–water partition coefficient (Wildman–Crippen LogP) is 1.98. The first-order chi connectivity index (χ1) is 8.79. The van der Waals surface area contributed by atoms with Crippen LogP contribution in [0.15, 0.2) is 24.3 Å². The highest BCUT2D eigenvalue weighted by Crippen LogP contribution is 2.34. The minimum Gasteiger partial charge on any atom is -0.480 e. The third-order valence-electron chi connectivity index (χ3n) is 2.88. The number of benzene rings is 1. The Balaban J connectivity index is 2.34. The number of anilines is 1. The first-order valence-corrected chi connectivity index (χ1v) is 5.49. The van der Waals surface area contributed by atoms with Gasteiger partial charge in [-0.15, -0.1) is 0 Å².